The molecule has 1 aromatic carbocycles. The van der Waals surface area contributed by atoms with E-state index in [1.807, 2.05) is 30.3 Å². The van der Waals surface area contributed by atoms with Crippen LogP contribution in [0.25, 0.3) is 0 Å². The Kier molecular flexibility index (Phi) is 4.03. The van der Waals surface area contributed by atoms with Crippen molar-refractivity contribution in [2.75, 3.05) is 13.7 Å². The average molecular weight is 287 g/mol. The molecule has 21 heavy (non-hydrogen) atoms. The lowest BCUT2D eigenvalue weighted by atomic mass is 9.86. The first-order chi connectivity index (χ1) is 10.3. The lowest BCUT2D eigenvalue weighted by Gasteiger charge is -2.21. The van der Waals surface area contributed by atoms with Crippen LogP contribution in [0.4, 0.5) is 0 Å². The number of methoxy groups -OCH3 is 1. The molecular formula is C16H21N3O2. The zero-order valence-electron chi connectivity index (χ0n) is 12.3. The second-order valence-corrected chi connectivity index (χ2v) is 5.68. The predicted octanol–water partition coefficient (Wildman–Crippen LogP) is 2.58. The number of nitrogens with two attached hydrogens (primary N) is 1. The zero-order chi connectivity index (χ0) is 14.7. The van der Waals surface area contributed by atoms with E-state index in [2.05, 4.69) is 10.1 Å². The summed E-state index contributed by atoms with van der Waals surface area (Å²) in [4.78, 5) is 4.60. The number of hydrogen-bond acceptors (Lipinski definition) is 5. The highest BCUT2D eigenvalue weighted by Crippen LogP contribution is 2.40. The Balaban J connectivity index is 1.90. The standard InChI is InChI=1S/C16H21N3O2/c1-20-13(12-7-3-2-4-8-12)14-18-15(21-19-14)16(11-17)9-5-6-10-16/h2-4,7-8,13H,5-6,9-11,17H2,1H3. The Morgan fingerprint density at radius 2 is 2.00 bits per heavy atom. The number of ether oxygens (including phenoxy) is 1. The average Bonchev–Trinajstić information content (AvgIpc) is 3.19. The van der Waals surface area contributed by atoms with E-state index in [1.165, 1.54) is 12.8 Å². The second-order valence-electron chi connectivity index (χ2n) is 5.68. The Morgan fingerprint density at radius 1 is 1.29 bits per heavy atom. The molecule has 0 bridgehead atoms. The number of nitrogens with zero attached hydrogens (tertiary/aromatic N) is 2. The minimum Gasteiger partial charge on any atom is -0.369 e. The minimum atomic E-state index is -0.306. The monoisotopic (exact) mass is 287 g/mol. The Bertz CT molecular complexity index is 576. The molecule has 1 aliphatic rings. The molecule has 1 fully saturated rings. The van der Waals surface area contributed by atoms with E-state index in [9.17, 15) is 0 Å². The molecule has 2 aromatic rings. The van der Waals surface area contributed by atoms with Gasteiger partial charge in [-0.3, -0.25) is 0 Å². The van der Waals surface area contributed by atoms with Gasteiger partial charge in [-0.1, -0.05) is 48.3 Å². The van der Waals surface area contributed by atoms with E-state index in [1.54, 1.807) is 7.11 Å². The van der Waals surface area contributed by atoms with Crippen molar-refractivity contribution in [3.05, 3.63) is 47.6 Å². The van der Waals surface area contributed by atoms with Crippen LogP contribution in [0.5, 0.6) is 0 Å². The zero-order valence-corrected chi connectivity index (χ0v) is 12.3. The molecule has 1 atom stereocenters. The Hall–Kier alpha value is -1.72. The normalized spacial score (nSPS) is 18.8. The summed E-state index contributed by atoms with van der Waals surface area (Å²) in [6.45, 7) is 0.553. The van der Waals surface area contributed by atoms with E-state index in [-0.39, 0.29) is 11.5 Å². The predicted molar refractivity (Wildman–Crippen MR) is 78.8 cm³/mol. The van der Waals surface area contributed by atoms with Gasteiger partial charge in [-0.05, 0) is 18.4 Å². The molecule has 0 spiro atoms. The summed E-state index contributed by atoms with van der Waals surface area (Å²) in [5, 5.41) is 4.13. The molecule has 0 aliphatic heterocycles. The van der Waals surface area contributed by atoms with Crippen molar-refractivity contribution in [3.8, 4) is 0 Å². The summed E-state index contributed by atoms with van der Waals surface area (Å²) >= 11 is 0. The van der Waals surface area contributed by atoms with Gasteiger partial charge in [0.05, 0.1) is 5.41 Å². The fourth-order valence-electron chi connectivity index (χ4n) is 3.13. The minimum absolute atomic E-state index is 0.139. The van der Waals surface area contributed by atoms with Crippen molar-refractivity contribution in [1.29, 1.82) is 0 Å². The van der Waals surface area contributed by atoms with Crippen LogP contribution in [0, 0.1) is 0 Å². The maximum Gasteiger partial charge on any atom is 0.234 e. The molecule has 112 valence electrons. The van der Waals surface area contributed by atoms with Gasteiger partial charge < -0.3 is 15.0 Å². The molecule has 3 rings (SSSR count). The first kappa shape index (κ1) is 14.2. The third kappa shape index (κ3) is 2.59. The topological polar surface area (TPSA) is 74.2 Å². The lowest BCUT2D eigenvalue weighted by molar-refractivity contribution is 0.126. The Labute approximate surface area is 124 Å². The SMILES string of the molecule is COC(c1ccccc1)c1noc(C2(CN)CCCC2)n1. The highest BCUT2D eigenvalue weighted by atomic mass is 16.5. The van der Waals surface area contributed by atoms with Crippen LogP contribution in [0.1, 0.15) is 49.1 Å². The van der Waals surface area contributed by atoms with E-state index in [4.69, 9.17) is 15.0 Å². The molecule has 1 aliphatic carbocycles. The molecular weight excluding hydrogens is 266 g/mol. The smallest absolute Gasteiger partial charge is 0.234 e. The van der Waals surface area contributed by atoms with Crippen LogP contribution in [-0.2, 0) is 10.2 Å². The first-order valence-electron chi connectivity index (χ1n) is 7.41. The molecule has 1 heterocycles. The van der Waals surface area contributed by atoms with Crippen molar-refractivity contribution >= 4 is 0 Å². The van der Waals surface area contributed by atoms with Crippen LogP contribution in [0.2, 0.25) is 0 Å². The van der Waals surface area contributed by atoms with Gasteiger partial charge in [-0.25, -0.2) is 0 Å². The van der Waals surface area contributed by atoms with E-state index in [0.29, 0.717) is 18.3 Å². The van der Waals surface area contributed by atoms with Gasteiger partial charge in [0.25, 0.3) is 0 Å². The molecule has 1 unspecified atom stereocenters. The van der Waals surface area contributed by atoms with Gasteiger partial charge in [0.2, 0.25) is 11.7 Å². The van der Waals surface area contributed by atoms with E-state index >= 15 is 0 Å². The van der Waals surface area contributed by atoms with Crippen molar-refractivity contribution in [2.24, 2.45) is 5.73 Å². The molecule has 0 amide bonds. The first-order valence-corrected chi connectivity index (χ1v) is 7.41. The van der Waals surface area contributed by atoms with Gasteiger partial charge in [0.1, 0.15) is 6.10 Å². The number of rotatable bonds is 5. The third-order valence-corrected chi connectivity index (χ3v) is 4.42. The lowest BCUT2D eigenvalue weighted by Crippen LogP contribution is -2.32. The molecule has 5 nitrogen and oxygen atoms in total. The summed E-state index contributed by atoms with van der Waals surface area (Å²) in [5.74, 6) is 1.23. The number of hydrogen-bond donors (Lipinski definition) is 1. The molecule has 1 saturated carbocycles. The largest absolute Gasteiger partial charge is 0.369 e. The van der Waals surface area contributed by atoms with Crippen molar-refractivity contribution in [2.45, 2.75) is 37.2 Å². The second kappa shape index (κ2) is 5.95. The van der Waals surface area contributed by atoms with Crippen molar-refractivity contribution in [1.82, 2.24) is 10.1 Å². The van der Waals surface area contributed by atoms with Gasteiger partial charge >= 0.3 is 0 Å². The van der Waals surface area contributed by atoms with Crippen LogP contribution in [-0.4, -0.2) is 23.8 Å². The summed E-state index contributed by atoms with van der Waals surface area (Å²) < 4.78 is 11.1. The molecule has 0 saturated heterocycles. The number of benzene rings is 1. The van der Waals surface area contributed by atoms with Gasteiger partial charge in [0, 0.05) is 13.7 Å². The van der Waals surface area contributed by atoms with Gasteiger partial charge in [-0.2, -0.15) is 4.98 Å². The maximum atomic E-state index is 5.97. The fraction of sp³-hybridized carbons (Fsp3) is 0.500. The highest BCUT2D eigenvalue weighted by molar-refractivity contribution is 5.23. The molecule has 0 radical (unpaired) electrons. The fourth-order valence-corrected chi connectivity index (χ4v) is 3.13. The van der Waals surface area contributed by atoms with Gasteiger partial charge in [0.15, 0.2) is 0 Å². The summed E-state index contributed by atoms with van der Waals surface area (Å²) in [7, 11) is 1.65. The van der Waals surface area contributed by atoms with Crippen LogP contribution in [0.3, 0.4) is 0 Å². The van der Waals surface area contributed by atoms with E-state index in [0.717, 1.165) is 18.4 Å². The van der Waals surface area contributed by atoms with Crippen LogP contribution < -0.4 is 5.73 Å². The quantitative estimate of drug-likeness (QED) is 0.915. The summed E-state index contributed by atoms with van der Waals surface area (Å²) in [5.41, 5.74) is 6.85. The Morgan fingerprint density at radius 3 is 2.62 bits per heavy atom. The van der Waals surface area contributed by atoms with Crippen LogP contribution in [0.15, 0.2) is 34.9 Å². The maximum absolute atomic E-state index is 5.97. The van der Waals surface area contributed by atoms with Crippen LogP contribution >= 0.6 is 0 Å². The summed E-state index contributed by atoms with van der Waals surface area (Å²) in [6.07, 6.45) is 4.07. The highest BCUT2D eigenvalue weighted by Gasteiger charge is 2.40. The van der Waals surface area contributed by atoms with Crippen molar-refractivity contribution in [3.63, 3.8) is 0 Å². The molecule has 1 aromatic heterocycles. The summed E-state index contributed by atoms with van der Waals surface area (Å²) in [6, 6.07) is 9.91. The van der Waals surface area contributed by atoms with E-state index < -0.39 is 0 Å². The molecule has 2 N–H and O–H groups in total. The van der Waals surface area contributed by atoms with Crippen molar-refractivity contribution < 1.29 is 9.26 Å². The van der Waals surface area contributed by atoms with Gasteiger partial charge in [-0.15, -0.1) is 0 Å². The number of aromatic nitrogens is 2. The third-order valence-electron chi connectivity index (χ3n) is 4.42. The molecule has 5 heteroatoms.